The Kier molecular flexibility index (Phi) is 8.56. The fourth-order valence-corrected chi connectivity index (χ4v) is 5.68. The standard InChI is InChI=1S/C26H37N5O3S/c1-7-30(19-20-10-12-21(13-11-20)28(4)5)26(32)17-16-25-27-23-18-22(14-15-24(23)29(25)6)35(33,34)31(8-2)9-3/h10-15,18H,7-9,16-17,19H2,1-6H3. The maximum Gasteiger partial charge on any atom is 0.243 e. The predicted molar refractivity (Wildman–Crippen MR) is 141 cm³/mol. The number of carbonyl (C=O) groups excluding carboxylic acids is 1. The topological polar surface area (TPSA) is 78.8 Å². The summed E-state index contributed by atoms with van der Waals surface area (Å²) in [5, 5.41) is 0. The number of aromatic nitrogens is 2. The summed E-state index contributed by atoms with van der Waals surface area (Å²) in [5.74, 6) is 0.832. The van der Waals surface area contributed by atoms with Crippen LogP contribution in [0, 0.1) is 0 Å². The van der Waals surface area contributed by atoms with E-state index in [0.717, 1.165) is 22.6 Å². The molecule has 0 aliphatic rings. The van der Waals surface area contributed by atoms with Gasteiger partial charge in [-0.1, -0.05) is 26.0 Å². The number of hydrogen-bond donors (Lipinski definition) is 0. The summed E-state index contributed by atoms with van der Waals surface area (Å²) >= 11 is 0. The van der Waals surface area contributed by atoms with Gasteiger partial charge in [-0.25, -0.2) is 13.4 Å². The van der Waals surface area contributed by atoms with Crippen LogP contribution in [0.5, 0.6) is 0 Å². The molecule has 0 atom stereocenters. The molecule has 0 N–H and O–H groups in total. The molecule has 3 rings (SSSR count). The second-order valence-corrected chi connectivity index (χ2v) is 10.7. The highest BCUT2D eigenvalue weighted by atomic mass is 32.2. The zero-order chi connectivity index (χ0) is 25.8. The largest absolute Gasteiger partial charge is 0.378 e. The Morgan fingerprint density at radius 3 is 2.20 bits per heavy atom. The highest BCUT2D eigenvalue weighted by Crippen LogP contribution is 2.23. The smallest absolute Gasteiger partial charge is 0.243 e. The van der Waals surface area contributed by atoms with E-state index in [9.17, 15) is 13.2 Å². The lowest BCUT2D eigenvalue weighted by Crippen LogP contribution is -2.30. The van der Waals surface area contributed by atoms with E-state index < -0.39 is 10.0 Å². The van der Waals surface area contributed by atoms with Crippen LogP contribution in [0.15, 0.2) is 47.4 Å². The first-order chi connectivity index (χ1) is 16.6. The number of sulfonamides is 1. The number of imidazole rings is 1. The average molecular weight is 500 g/mol. The van der Waals surface area contributed by atoms with E-state index in [0.29, 0.717) is 44.5 Å². The molecule has 2 aromatic carbocycles. The van der Waals surface area contributed by atoms with Crippen molar-refractivity contribution in [1.29, 1.82) is 0 Å². The summed E-state index contributed by atoms with van der Waals surface area (Å²) in [5.41, 5.74) is 3.68. The monoisotopic (exact) mass is 499 g/mol. The van der Waals surface area contributed by atoms with Gasteiger partial charge >= 0.3 is 0 Å². The van der Waals surface area contributed by atoms with Gasteiger partial charge in [0.25, 0.3) is 0 Å². The van der Waals surface area contributed by atoms with Crippen LogP contribution in [-0.4, -0.2) is 66.8 Å². The molecule has 0 saturated carbocycles. The number of aryl methyl sites for hydroxylation is 2. The van der Waals surface area contributed by atoms with E-state index >= 15 is 0 Å². The minimum atomic E-state index is -3.55. The number of fused-ring (bicyclic) bond motifs is 1. The molecule has 0 aliphatic carbocycles. The van der Waals surface area contributed by atoms with Gasteiger partial charge in [-0.05, 0) is 42.8 Å². The normalized spacial score (nSPS) is 11.9. The molecular weight excluding hydrogens is 462 g/mol. The Bertz CT molecular complexity index is 1260. The van der Waals surface area contributed by atoms with Gasteiger partial charge in [-0.2, -0.15) is 4.31 Å². The third-order valence-corrected chi connectivity index (χ3v) is 8.46. The lowest BCUT2D eigenvalue weighted by Gasteiger charge is -2.21. The Morgan fingerprint density at radius 1 is 0.971 bits per heavy atom. The molecule has 9 heteroatoms. The van der Waals surface area contributed by atoms with Gasteiger partial charge in [0.2, 0.25) is 15.9 Å². The quantitative estimate of drug-likeness (QED) is 0.402. The van der Waals surface area contributed by atoms with Crippen molar-refractivity contribution in [2.45, 2.75) is 45.1 Å². The molecule has 0 fully saturated rings. The highest BCUT2D eigenvalue weighted by Gasteiger charge is 2.23. The van der Waals surface area contributed by atoms with Crippen molar-refractivity contribution in [2.75, 3.05) is 38.6 Å². The van der Waals surface area contributed by atoms with E-state index in [-0.39, 0.29) is 10.8 Å². The minimum absolute atomic E-state index is 0.0704. The van der Waals surface area contributed by atoms with Gasteiger partial charge in [0.15, 0.2) is 0 Å². The molecule has 0 unspecified atom stereocenters. The Labute approximate surface area is 209 Å². The third kappa shape index (κ3) is 5.85. The summed E-state index contributed by atoms with van der Waals surface area (Å²) in [7, 11) is 2.35. The second-order valence-electron chi connectivity index (χ2n) is 8.80. The first-order valence-corrected chi connectivity index (χ1v) is 13.6. The van der Waals surface area contributed by atoms with Crippen molar-refractivity contribution in [3.8, 4) is 0 Å². The highest BCUT2D eigenvalue weighted by molar-refractivity contribution is 7.89. The molecule has 1 amide bonds. The van der Waals surface area contributed by atoms with Crippen molar-refractivity contribution in [1.82, 2.24) is 18.8 Å². The van der Waals surface area contributed by atoms with E-state index in [1.165, 1.54) is 4.31 Å². The number of hydrogen-bond acceptors (Lipinski definition) is 5. The SMILES string of the molecule is CCN(Cc1ccc(N(C)C)cc1)C(=O)CCc1nc2cc(S(=O)(=O)N(CC)CC)ccc2n1C. The fraction of sp³-hybridized carbons (Fsp3) is 0.462. The first kappa shape index (κ1) is 26.7. The Hall–Kier alpha value is -2.91. The van der Waals surface area contributed by atoms with Crippen molar-refractivity contribution < 1.29 is 13.2 Å². The van der Waals surface area contributed by atoms with E-state index in [2.05, 4.69) is 29.2 Å². The Morgan fingerprint density at radius 2 is 1.63 bits per heavy atom. The zero-order valence-corrected chi connectivity index (χ0v) is 22.5. The van der Waals surface area contributed by atoms with Gasteiger partial charge in [-0.15, -0.1) is 0 Å². The van der Waals surface area contributed by atoms with Crippen LogP contribution in [0.4, 0.5) is 5.69 Å². The molecule has 0 bridgehead atoms. The lowest BCUT2D eigenvalue weighted by molar-refractivity contribution is -0.131. The summed E-state index contributed by atoms with van der Waals surface area (Å²) in [6.07, 6.45) is 0.823. The number of rotatable bonds is 11. The molecule has 0 saturated heterocycles. The fourth-order valence-electron chi connectivity index (χ4n) is 4.20. The molecule has 8 nitrogen and oxygen atoms in total. The maximum atomic E-state index is 13.0. The maximum absolute atomic E-state index is 13.0. The van der Waals surface area contributed by atoms with Gasteiger partial charge in [0.1, 0.15) is 5.82 Å². The summed E-state index contributed by atoms with van der Waals surface area (Å²) in [4.78, 5) is 21.8. The van der Waals surface area contributed by atoms with Crippen LogP contribution < -0.4 is 4.90 Å². The predicted octanol–water partition coefficient (Wildman–Crippen LogP) is 3.65. The summed E-state index contributed by atoms with van der Waals surface area (Å²) < 4.78 is 29.2. The summed E-state index contributed by atoms with van der Waals surface area (Å²) in [6, 6.07) is 13.3. The molecule has 3 aromatic rings. The lowest BCUT2D eigenvalue weighted by atomic mass is 10.1. The van der Waals surface area contributed by atoms with Gasteiger partial charge < -0.3 is 14.4 Å². The molecule has 35 heavy (non-hydrogen) atoms. The van der Waals surface area contributed by atoms with E-state index in [1.807, 2.05) is 56.3 Å². The summed E-state index contributed by atoms with van der Waals surface area (Å²) in [6.45, 7) is 7.67. The molecule has 0 radical (unpaired) electrons. The molecule has 190 valence electrons. The van der Waals surface area contributed by atoms with Crippen LogP contribution in [0.3, 0.4) is 0 Å². The Balaban J connectivity index is 1.72. The van der Waals surface area contributed by atoms with E-state index in [4.69, 9.17) is 0 Å². The number of amides is 1. The average Bonchev–Trinajstić information content (AvgIpc) is 3.16. The number of nitrogens with zero attached hydrogens (tertiary/aromatic N) is 5. The molecular formula is C26H37N5O3S. The van der Waals surface area contributed by atoms with Gasteiger partial charge in [0, 0.05) is 65.9 Å². The van der Waals surface area contributed by atoms with Crippen LogP contribution in [-0.2, 0) is 34.8 Å². The van der Waals surface area contributed by atoms with Crippen LogP contribution >= 0.6 is 0 Å². The van der Waals surface area contributed by atoms with Crippen molar-refractivity contribution in [3.63, 3.8) is 0 Å². The van der Waals surface area contributed by atoms with Crippen LogP contribution in [0.2, 0.25) is 0 Å². The minimum Gasteiger partial charge on any atom is -0.378 e. The van der Waals surface area contributed by atoms with Crippen molar-refractivity contribution >= 4 is 32.7 Å². The van der Waals surface area contributed by atoms with Gasteiger partial charge in [0.05, 0.1) is 15.9 Å². The van der Waals surface area contributed by atoms with Crippen LogP contribution in [0.25, 0.3) is 11.0 Å². The van der Waals surface area contributed by atoms with Crippen molar-refractivity contribution in [3.05, 3.63) is 53.9 Å². The number of benzene rings is 2. The second kappa shape index (κ2) is 11.2. The van der Waals surface area contributed by atoms with Crippen molar-refractivity contribution in [2.24, 2.45) is 7.05 Å². The van der Waals surface area contributed by atoms with Gasteiger partial charge in [-0.3, -0.25) is 4.79 Å². The molecule has 0 aliphatic heterocycles. The van der Waals surface area contributed by atoms with E-state index in [1.54, 1.807) is 18.2 Å². The number of anilines is 1. The molecule has 1 aromatic heterocycles. The number of carbonyl (C=O) groups is 1. The third-order valence-electron chi connectivity index (χ3n) is 6.41. The van der Waals surface area contributed by atoms with Crippen LogP contribution in [0.1, 0.15) is 38.6 Å². The molecule has 0 spiro atoms. The first-order valence-electron chi connectivity index (χ1n) is 12.1. The molecule has 1 heterocycles. The zero-order valence-electron chi connectivity index (χ0n) is 21.7.